The van der Waals surface area contributed by atoms with Crippen molar-refractivity contribution in [1.82, 2.24) is 15.1 Å². The number of hydrogen-bond acceptors (Lipinski definition) is 7. The number of methoxy groups -OCH3 is 3. The molecule has 2 aromatic rings. The maximum Gasteiger partial charge on any atom is 0.230 e. The molecule has 0 radical (unpaired) electrons. The molecule has 1 aromatic carbocycles. The third-order valence-electron chi connectivity index (χ3n) is 4.50. The lowest BCUT2D eigenvalue weighted by Crippen LogP contribution is -2.28. The Bertz CT molecular complexity index is 760. The Hall–Kier alpha value is -2.54. The Morgan fingerprint density at radius 3 is 2.23 bits per heavy atom. The normalized spacial score (nSPS) is 14.8. The summed E-state index contributed by atoms with van der Waals surface area (Å²) in [5, 5.41) is 8.12. The van der Waals surface area contributed by atoms with E-state index in [4.69, 9.17) is 18.6 Å². The largest absolute Gasteiger partial charge is 0.496 e. The van der Waals surface area contributed by atoms with E-state index in [0.29, 0.717) is 24.1 Å². The molecule has 2 heterocycles. The number of ether oxygens (including phenoxy) is 3. The number of rotatable bonds is 7. The summed E-state index contributed by atoms with van der Waals surface area (Å²) in [5.41, 5.74) is 2.19. The predicted molar refractivity (Wildman–Crippen MR) is 97.6 cm³/mol. The Morgan fingerprint density at radius 1 is 1.04 bits per heavy atom. The first kappa shape index (κ1) is 18.3. The van der Waals surface area contributed by atoms with E-state index in [1.165, 1.54) is 5.57 Å². The molecule has 1 aliphatic rings. The van der Waals surface area contributed by atoms with Gasteiger partial charge in [0.05, 0.1) is 33.4 Å². The number of benzene rings is 1. The van der Waals surface area contributed by atoms with Crippen molar-refractivity contribution in [2.45, 2.75) is 26.3 Å². The van der Waals surface area contributed by atoms with Crippen molar-refractivity contribution in [3.63, 3.8) is 0 Å². The quantitative estimate of drug-likeness (QED) is 0.753. The van der Waals surface area contributed by atoms with Crippen molar-refractivity contribution < 1.29 is 18.6 Å². The molecule has 0 saturated carbocycles. The van der Waals surface area contributed by atoms with E-state index in [1.807, 2.05) is 19.1 Å². The molecule has 26 heavy (non-hydrogen) atoms. The minimum absolute atomic E-state index is 0.660. The van der Waals surface area contributed by atoms with Crippen LogP contribution < -0.4 is 14.2 Å². The van der Waals surface area contributed by atoms with E-state index >= 15 is 0 Å². The van der Waals surface area contributed by atoms with Gasteiger partial charge < -0.3 is 18.6 Å². The highest BCUT2D eigenvalue weighted by Gasteiger charge is 2.21. The summed E-state index contributed by atoms with van der Waals surface area (Å²) in [5.74, 6) is 3.57. The average molecular weight is 359 g/mol. The van der Waals surface area contributed by atoms with Gasteiger partial charge in [0.25, 0.3) is 0 Å². The molecule has 0 N–H and O–H groups in total. The molecule has 0 fully saturated rings. The van der Waals surface area contributed by atoms with Crippen molar-refractivity contribution in [3.05, 3.63) is 35.6 Å². The first-order chi connectivity index (χ1) is 12.7. The molecule has 0 atom stereocenters. The van der Waals surface area contributed by atoms with E-state index in [2.05, 4.69) is 21.2 Å². The fourth-order valence-corrected chi connectivity index (χ4v) is 3.09. The lowest BCUT2D eigenvalue weighted by Gasteiger charge is -2.26. The molecule has 0 saturated heterocycles. The fourth-order valence-electron chi connectivity index (χ4n) is 3.09. The van der Waals surface area contributed by atoms with E-state index in [1.54, 1.807) is 21.3 Å². The zero-order chi connectivity index (χ0) is 18.5. The van der Waals surface area contributed by atoms with Crippen LogP contribution in [0.2, 0.25) is 0 Å². The topological polar surface area (TPSA) is 69.9 Å². The summed E-state index contributed by atoms with van der Waals surface area (Å²) in [6, 6.07) is 3.77. The highest BCUT2D eigenvalue weighted by atomic mass is 16.5. The molecular weight excluding hydrogens is 334 g/mol. The highest BCUT2D eigenvalue weighted by molar-refractivity contribution is 5.77. The number of aryl methyl sites for hydroxylation is 1. The molecule has 7 nitrogen and oxygen atoms in total. The summed E-state index contributed by atoms with van der Waals surface area (Å²) in [6.45, 7) is 4.36. The molecule has 3 rings (SSSR count). The minimum atomic E-state index is 0.660. The predicted octanol–water partition coefficient (Wildman–Crippen LogP) is 2.95. The van der Waals surface area contributed by atoms with Crippen LogP contribution in [0.4, 0.5) is 0 Å². The second-order valence-corrected chi connectivity index (χ2v) is 6.06. The molecular formula is C19H25N3O4. The zero-order valence-electron chi connectivity index (χ0n) is 15.7. The molecule has 0 amide bonds. The average Bonchev–Trinajstić information content (AvgIpc) is 3.15. The fraction of sp³-hybridized carbons (Fsp3) is 0.474. The van der Waals surface area contributed by atoms with Gasteiger partial charge in [-0.05, 0) is 12.0 Å². The van der Waals surface area contributed by atoms with E-state index in [-0.39, 0.29) is 0 Å². The van der Waals surface area contributed by atoms with Crippen LogP contribution in [0, 0.1) is 0 Å². The van der Waals surface area contributed by atoms with Gasteiger partial charge in [0, 0.05) is 31.6 Å². The second-order valence-electron chi connectivity index (χ2n) is 6.06. The van der Waals surface area contributed by atoms with Gasteiger partial charge >= 0.3 is 0 Å². The monoisotopic (exact) mass is 359 g/mol. The van der Waals surface area contributed by atoms with Crippen molar-refractivity contribution in [1.29, 1.82) is 0 Å². The van der Waals surface area contributed by atoms with Crippen molar-refractivity contribution in [3.8, 4) is 17.2 Å². The number of nitrogens with zero attached hydrogens (tertiary/aromatic N) is 3. The Kier molecular flexibility index (Phi) is 5.78. The molecule has 1 aromatic heterocycles. The SMILES string of the molecule is CCc1nnc(CN2CC=C(c3c(OC)cc(OC)cc3OC)CC2)o1. The lowest BCUT2D eigenvalue weighted by molar-refractivity contribution is 0.258. The van der Waals surface area contributed by atoms with Gasteiger partial charge in [-0.25, -0.2) is 0 Å². The van der Waals surface area contributed by atoms with Crippen LogP contribution in [0.5, 0.6) is 17.2 Å². The lowest BCUT2D eigenvalue weighted by atomic mass is 9.97. The maximum absolute atomic E-state index is 5.61. The highest BCUT2D eigenvalue weighted by Crippen LogP contribution is 2.40. The minimum Gasteiger partial charge on any atom is -0.496 e. The third kappa shape index (κ3) is 3.83. The standard InChI is InChI=1S/C19H25N3O4/c1-5-17-20-21-18(26-17)12-22-8-6-13(7-9-22)19-15(24-3)10-14(23-2)11-16(19)25-4/h6,10-11H,5,7-9,12H2,1-4H3. The van der Waals surface area contributed by atoms with Crippen molar-refractivity contribution in [2.24, 2.45) is 0 Å². The summed E-state index contributed by atoms with van der Waals surface area (Å²) in [4.78, 5) is 2.28. The summed E-state index contributed by atoms with van der Waals surface area (Å²) < 4.78 is 22.1. The molecule has 0 spiro atoms. The number of aromatic nitrogens is 2. The summed E-state index contributed by atoms with van der Waals surface area (Å²) in [6.07, 6.45) is 3.84. The van der Waals surface area contributed by atoms with Gasteiger partial charge in [-0.2, -0.15) is 0 Å². The second kappa shape index (κ2) is 8.23. The Labute approximate surface area is 153 Å². The van der Waals surface area contributed by atoms with Crippen LogP contribution in [0.1, 0.15) is 30.7 Å². The molecule has 0 bridgehead atoms. The van der Waals surface area contributed by atoms with Gasteiger partial charge in [-0.1, -0.05) is 13.0 Å². The van der Waals surface area contributed by atoms with Gasteiger partial charge in [0.15, 0.2) is 0 Å². The Balaban J connectivity index is 1.78. The van der Waals surface area contributed by atoms with Crippen LogP contribution in [-0.4, -0.2) is 49.5 Å². The maximum atomic E-state index is 5.61. The van der Waals surface area contributed by atoms with Crippen LogP contribution in [0.15, 0.2) is 22.6 Å². The van der Waals surface area contributed by atoms with Crippen LogP contribution in [0.25, 0.3) is 5.57 Å². The third-order valence-corrected chi connectivity index (χ3v) is 4.50. The molecule has 1 aliphatic heterocycles. The summed E-state index contributed by atoms with van der Waals surface area (Å²) in [7, 11) is 4.95. The zero-order valence-corrected chi connectivity index (χ0v) is 15.7. The first-order valence-corrected chi connectivity index (χ1v) is 8.71. The van der Waals surface area contributed by atoms with Crippen LogP contribution in [0.3, 0.4) is 0 Å². The smallest absolute Gasteiger partial charge is 0.230 e. The van der Waals surface area contributed by atoms with Crippen molar-refractivity contribution in [2.75, 3.05) is 34.4 Å². The molecule has 7 heteroatoms. The van der Waals surface area contributed by atoms with Gasteiger partial charge in [0.1, 0.15) is 17.2 Å². The molecule has 0 unspecified atom stereocenters. The Morgan fingerprint density at radius 2 is 1.73 bits per heavy atom. The van der Waals surface area contributed by atoms with E-state index in [0.717, 1.165) is 43.0 Å². The van der Waals surface area contributed by atoms with Gasteiger partial charge in [-0.15, -0.1) is 10.2 Å². The first-order valence-electron chi connectivity index (χ1n) is 8.71. The van der Waals surface area contributed by atoms with Gasteiger partial charge in [0.2, 0.25) is 11.8 Å². The van der Waals surface area contributed by atoms with E-state index in [9.17, 15) is 0 Å². The number of hydrogen-bond donors (Lipinski definition) is 0. The van der Waals surface area contributed by atoms with E-state index < -0.39 is 0 Å². The molecule has 0 aliphatic carbocycles. The van der Waals surface area contributed by atoms with Crippen LogP contribution in [-0.2, 0) is 13.0 Å². The molecule has 140 valence electrons. The summed E-state index contributed by atoms with van der Waals surface area (Å²) >= 11 is 0. The van der Waals surface area contributed by atoms with Gasteiger partial charge in [-0.3, -0.25) is 4.90 Å². The van der Waals surface area contributed by atoms with Crippen LogP contribution >= 0.6 is 0 Å². The van der Waals surface area contributed by atoms with Crippen molar-refractivity contribution >= 4 is 5.57 Å².